The van der Waals surface area contributed by atoms with Crippen molar-refractivity contribution in [1.29, 1.82) is 0 Å². The van der Waals surface area contributed by atoms with Crippen LogP contribution in [0, 0.1) is 0 Å². The number of aryl methyl sites for hydroxylation is 1. The van der Waals surface area contributed by atoms with Gasteiger partial charge in [-0.3, -0.25) is 18.7 Å². The minimum atomic E-state index is -4.05. The minimum Gasteiger partial charge on any atom is -0.325 e. The average molecular weight is 459 g/mol. The van der Waals surface area contributed by atoms with Gasteiger partial charge in [-0.25, -0.2) is 13.2 Å². The van der Waals surface area contributed by atoms with Gasteiger partial charge in [-0.2, -0.15) is 4.31 Å². The molecule has 32 heavy (non-hydrogen) atoms. The van der Waals surface area contributed by atoms with Crippen molar-refractivity contribution in [1.82, 2.24) is 13.4 Å². The van der Waals surface area contributed by atoms with Crippen LogP contribution in [0.5, 0.6) is 0 Å². The van der Waals surface area contributed by atoms with Crippen LogP contribution >= 0.6 is 0 Å². The molecule has 2 aromatic carbocycles. The third-order valence-electron chi connectivity index (χ3n) is 5.37. The van der Waals surface area contributed by atoms with Gasteiger partial charge in [0.05, 0.1) is 22.3 Å². The third-order valence-corrected chi connectivity index (χ3v) is 7.17. The smallest absolute Gasteiger partial charge is 0.325 e. The Hall–Kier alpha value is -3.24. The molecule has 0 fully saturated rings. The Labute approximate surface area is 186 Å². The van der Waals surface area contributed by atoms with E-state index in [0.29, 0.717) is 17.1 Å². The summed E-state index contributed by atoms with van der Waals surface area (Å²) in [6.45, 7) is 3.73. The van der Waals surface area contributed by atoms with Crippen LogP contribution in [0.3, 0.4) is 0 Å². The molecule has 3 rings (SSSR count). The number of sulfonamides is 1. The molecule has 1 heterocycles. The number of amides is 1. The molecule has 0 aliphatic carbocycles. The zero-order valence-corrected chi connectivity index (χ0v) is 19.4. The van der Waals surface area contributed by atoms with Gasteiger partial charge >= 0.3 is 5.69 Å². The van der Waals surface area contributed by atoms with E-state index in [0.717, 1.165) is 14.4 Å². The van der Waals surface area contributed by atoms with Crippen molar-refractivity contribution >= 4 is 32.5 Å². The van der Waals surface area contributed by atoms with Crippen LogP contribution in [0.1, 0.15) is 25.3 Å². The molecule has 0 atom stereocenters. The third kappa shape index (κ3) is 4.37. The van der Waals surface area contributed by atoms with E-state index < -0.39 is 33.7 Å². The molecule has 0 spiro atoms. The number of rotatable bonds is 6. The lowest BCUT2D eigenvalue weighted by atomic mass is 10.0. The summed E-state index contributed by atoms with van der Waals surface area (Å²) in [7, 11) is 0.0714. The molecule has 0 saturated carbocycles. The van der Waals surface area contributed by atoms with Gasteiger partial charge in [0.15, 0.2) is 0 Å². The molecule has 170 valence electrons. The lowest BCUT2D eigenvalue weighted by Gasteiger charge is -2.18. The maximum atomic E-state index is 13.0. The van der Waals surface area contributed by atoms with E-state index >= 15 is 0 Å². The number of likely N-dealkylation sites (N-methyl/N-ethyl adjacent to an activating group) is 1. The predicted octanol–water partition coefficient (Wildman–Crippen LogP) is 1.62. The number of anilines is 1. The number of hydrogen-bond donors (Lipinski definition) is 1. The first-order valence-electron chi connectivity index (χ1n) is 9.99. The van der Waals surface area contributed by atoms with E-state index in [1.54, 1.807) is 12.1 Å². The first kappa shape index (κ1) is 23.4. The standard InChI is InChI=1S/C22H26N4O5S/c1-14(2)15-6-8-16(9-7-15)23-20(27)13-24(3)32(30,31)17-10-11-19-18(12-17)21(28)26(5)22(29)25(19)4/h6-12,14H,13H2,1-5H3,(H,23,27). The molecule has 10 heteroatoms. The Bertz CT molecular complexity index is 1400. The second-order valence-corrected chi connectivity index (χ2v) is 10.0. The zero-order valence-electron chi connectivity index (χ0n) is 18.6. The van der Waals surface area contributed by atoms with Crippen LogP contribution in [0.2, 0.25) is 0 Å². The monoisotopic (exact) mass is 458 g/mol. The van der Waals surface area contributed by atoms with Gasteiger partial charge in [0.25, 0.3) is 5.56 Å². The summed E-state index contributed by atoms with van der Waals surface area (Å²) in [4.78, 5) is 36.8. The first-order chi connectivity index (χ1) is 14.9. The van der Waals surface area contributed by atoms with Crippen LogP contribution in [-0.4, -0.2) is 41.4 Å². The van der Waals surface area contributed by atoms with E-state index in [1.165, 1.54) is 43.9 Å². The Kier molecular flexibility index (Phi) is 6.38. The van der Waals surface area contributed by atoms with Gasteiger partial charge < -0.3 is 5.32 Å². The quantitative estimate of drug-likeness (QED) is 0.604. The van der Waals surface area contributed by atoms with Gasteiger partial charge in [-0.15, -0.1) is 0 Å². The molecule has 0 saturated heterocycles. The highest BCUT2D eigenvalue weighted by Gasteiger charge is 2.24. The minimum absolute atomic E-state index is 0.0961. The van der Waals surface area contributed by atoms with Crippen molar-refractivity contribution in [3.63, 3.8) is 0 Å². The van der Waals surface area contributed by atoms with Crippen molar-refractivity contribution in [2.75, 3.05) is 18.9 Å². The van der Waals surface area contributed by atoms with E-state index in [9.17, 15) is 22.8 Å². The van der Waals surface area contributed by atoms with Gasteiger partial charge in [0.1, 0.15) is 0 Å². The highest BCUT2D eigenvalue weighted by Crippen LogP contribution is 2.20. The second-order valence-electron chi connectivity index (χ2n) is 7.97. The van der Waals surface area contributed by atoms with Crippen molar-refractivity contribution < 1.29 is 13.2 Å². The van der Waals surface area contributed by atoms with Crippen LogP contribution in [0.4, 0.5) is 5.69 Å². The van der Waals surface area contributed by atoms with E-state index in [2.05, 4.69) is 19.2 Å². The number of carbonyl (C=O) groups excluding carboxylic acids is 1. The first-order valence-corrected chi connectivity index (χ1v) is 11.4. The van der Waals surface area contributed by atoms with E-state index in [-0.39, 0.29) is 10.3 Å². The highest BCUT2D eigenvalue weighted by atomic mass is 32.2. The fourth-order valence-corrected chi connectivity index (χ4v) is 4.51. The van der Waals surface area contributed by atoms with Crippen LogP contribution in [0.15, 0.2) is 56.9 Å². The molecule has 3 aromatic rings. The van der Waals surface area contributed by atoms with Crippen molar-refractivity contribution in [3.05, 3.63) is 68.9 Å². The number of hydrogen-bond acceptors (Lipinski definition) is 5. The Morgan fingerprint density at radius 2 is 1.66 bits per heavy atom. The Morgan fingerprint density at radius 1 is 1.03 bits per heavy atom. The molecule has 0 bridgehead atoms. The topological polar surface area (TPSA) is 110 Å². The van der Waals surface area contributed by atoms with Crippen molar-refractivity contribution in [2.24, 2.45) is 14.1 Å². The van der Waals surface area contributed by atoms with E-state index in [4.69, 9.17) is 0 Å². The average Bonchev–Trinajstić information content (AvgIpc) is 2.75. The number of nitrogens with zero attached hydrogens (tertiary/aromatic N) is 3. The Morgan fingerprint density at radius 3 is 2.25 bits per heavy atom. The summed E-state index contributed by atoms with van der Waals surface area (Å²) < 4.78 is 29.1. The fourth-order valence-electron chi connectivity index (χ4n) is 3.35. The molecule has 0 aliphatic rings. The molecule has 1 N–H and O–H groups in total. The van der Waals surface area contributed by atoms with Crippen molar-refractivity contribution in [2.45, 2.75) is 24.7 Å². The molecular formula is C22H26N4O5S. The fraction of sp³-hybridized carbons (Fsp3) is 0.318. The van der Waals surface area contributed by atoms with E-state index in [1.807, 2.05) is 12.1 Å². The lowest BCUT2D eigenvalue weighted by Crippen LogP contribution is -2.37. The van der Waals surface area contributed by atoms with Gasteiger partial charge in [0.2, 0.25) is 15.9 Å². The van der Waals surface area contributed by atoms with Gasteiger partial charge in [0, 0.05) is 26.8 Å². The normalized spacial score (nSPS) is 12.0. The SMILES string of the molecule is CC(C)c1ccc(NC(=O)CN(C)S(=O)(=O)c2ccc3c(c2)c(=O)n(C)c(=O)n3C)cc1. The number of aromatic nitrogens is 2. The molecule has 9 nitrogen and oxygen atoms in total. The van der Waals surface area contributed by atoms with Crippen LogP contribution in [-0.2, 0) is 28.9 Å². The van der Waals surface area contributed by atoms with Gasteiger partial charge in [-0.1, -0.05) is 26.0 Å². The molecule has 0 unspecified atom stereocenters. The number of fused-ring (bicyclic) bond motifs is 1. The summed E-state index contributed by atoms with van der Waals surface area (Å²) in [6, 6.07) is 11.3. The summed E-state index contributed by atoms with van der Waals surface area (Å²) in [5.74, 6) is -0.135. The molecule has 1 aromatic heterocycles. The maximum absolute atomic E-state index is 13.0. The molecular weight excluding hydrogens is 432 g/mol. The predicted molar refractivity (Wildman–Crippen MR) is 123 cm³/mol. The number of benzene rings is 2. The van der Waals surface area contributed by atoms with Crippen molar-refractivity contribution in [3.8, 4) is 0 Å². The molecule has 0 aliphatic heterocycles. The number of nitrogens with one attached hydrogen (secondary N) is 1. The highest BCUT2D eigenvalue weighted by molar-refractivity contribution is 7.89. The second kappa shape index (κ2) is 8.71. The largest absolute Gasteiger partial charge is 0.330 e. The zero-order chi connectivity index (χ0) is 23.8. The summed E-state index contributed by atoms with van der Waals surface area (Å²) >= 11 is 0. The summed E-state index contributed by atoms with van der Waals surface area (Å²) in [6.07, 6.45) is 0. The molecule has 1 amide bonds. The lowest BCUT2D eigenvalue weighted by molar-refractivity contribution is -0.116. The number of carbonyl (C=O) groups is 1. The van der Waals surface area contributed by atoms with Crippen LogP contribution < -0.4 is 16.6 Å². The van der Waals surface area contributed by atoms with Gasteiger partial charge in [-0.05, 0) is 41.8 Å². The van der Waals surface area contributed by atoms with Crippen LogP contribution in [0.25, 0.3) is 10.9 Å². The maximum Gasteiger partial charge on any atom is 0.330 e. The summed E-state index contributed by atoms with van der Waals surface area (Å²) in [5, 5.41) is 2.78. The Balaban J connectivity index is 1.84. The summed E-state index contributed by atoms with van der Waals surface area (Å²) in [5.41, 5.74) is 0.920. The molecule has 0 radical (unpaired) electrons.